The molecule has 2 aliphatic rings. The van der Waals surface area contributed by atoms with Gasteiger partial charge in [-0.15, -0.1) is 12.4 Å². The van der Waals surface area contributed by atoms with Gasteiger partial charge in [0.25, 0.3) is 0 Å². The number of hydrogen-bond donors (Lipinski definition) is 1. The first-order chi connectivity index (χ1) is 9.24. The SMILES string of the molecule is Cl.NC1CCN(C(=O)C2COc3ccccc3C2)CC1. The minimum absolute atomic E-state index is 0. The number of rotatable bonds is 1. The summed E-state index contributed by atoms with van der Waals surface area (Å²) in [6, 6.07) is 8.23. The van der Waals surface area contributed by atoms with E-state index < -0.39 is 0 Å². The molecule has 1 aromatic rings. The van der Waals surface area contributed by atoms with Gasteiger partial charge in [0.15, 0.2) is 0 Å². The van der Waals surface area contributed by atoms with E-state index >= 15 is 0 Å². The number of nitrogens with two attached hydrogens (primary N) is 1. The summed E-state index contributed by atoms with van der Waals surface area (Å²) in [5, 5.41) is 0. The summed E-state index contributed by atoms with van der Waals surface area (Å²) in [4.78, 5) is 14.4. The van der Waals surface area contributed by atoms with Gasteiger partial charge in [-0.3, -0.25) is 4.79 Å². The Labute approximate surface area is 125 Å². The van der Waals surface area contributed by atoms with Crippen LogP contribution in [-0.2, 0) is 11.2 Å². The molecule has 3 rings (SSSR count). The molecule has 0 radical (unpaired) electrons. The molecule has 1 saturated heterocycles. The fourth-order valence-corrected chi connectivity index (χ4v) is 2.86. The van der Waals surface area contributed by atoms with E-state index in [1.165, 1.54) is 0 Å². The van der Waals surface area contributed by atoms with Gasteiger partial charge in [0.05, 0.1) is 5.92 Å². The molecule has 2 N–H and O–H groups in total. The lowest BCUT2D eigenvalue weighted by Gasteiger charge is -2.34. The fraction of sp³-hybridized carbons (Fsp3) is 0.533. The van der Waals surface area contributed by atoms with Crippen molar-refractivity contribution in [2.75, 3.05) is 19.7 Å². The lowest BCUT2D eigenvalue weighted by molar-refractivity contribution is -0.137. The molecule has 20 heavy (non-hydrogen) atoms. The second-order valence-corrected chi connectivity index (χ2v) is 5.48. The van der Waals surface area contributed by atoms with Crippen LogP contribution in [0, 0.1) is 5.92 Å². The first kappa shape index (κ1) is 15.1. The maximum absolute atomic E-state index is 12.5. The molecule has 0 bridgehead atoms. The summed E-state index contributed by atoms with van der Waals surface area (Å²) < 4.78 is 5.70. The van der Waals surface area contributed by atoms with Crippen LogP contribution in [0.25, 0.3) is 0 Å². The van der Waals surface area contributed by atoms with E-state index in [2.05, 4.69) is 0 Å². The maximum atomic E-state index is 12.5. The third kappa shape index (κ3) is 3.07. The van der Waals surface area contributed by atoms with Gasteiger partial charge in [0.2, 0.25) is 5.91 Å². The molecule has 1 fully saturated rings. The summed E-state index contributed by atoms with van der Waals surface area (Å²) >= 11 is 0. The van der Waals surface area contributed by atoms with Crippen LogP contribution in [0.2, 0.25) is 0 Å². The third-order valence-electron chi connectivity index (χ3n) is 4.08. The number of hydrogen-bond acceptors (Lipinski definition) is 3. The van der Waals surface area contributed by atoms with E-state index in [1.54, 1.807) is 0 Å². The van der Waals surface area contributed by atoms with Crippen LogP contribution < -0.4 is 10.5 Å². The number of piperidine rings is 1. The largest absolute Gasteiger partial charge is 0.492 e. The number of amides is 1. The van der Waals surface area contributed by atoms with Crippen molar-refractivity contribution in [2.24, 2.45) is 11.7 Å². The van der Waals surface area contributed by atoms with Gasteiger partial charge < -0.3 is 15.4 Å². The second-order valence-electron chi connectivity index (χ2n) is 5.48. The molecule has 0 saturated carbocycles. The van der Waals surface area contributed by atoms with E-state index in [1.807, 2.05) is 29.2 Å². The number of fused-ring (bicyclic) bond motifs is 1. The molecule has 0 spiro atoms. The normalized spacial score (nSPS) is 22.4. The van der Waals surface area contributed by atoms with Gasteiger partial charge in [-0.25, -0.2) is 0 Å². The third-order valence-corrected chi connectivity index (χ3v) is 4.08. The van der Waals surface area contributed by atoms with Crippen LogP contribution in [-0.4, -0.2) is 36.5 Å². The van der Waals surface area contributed by atoms with Crippen LogP contribution in [0.15, 0.2) is 24.3 Å². The first-order valence-corrected chi connectivity index (χ1v) is 6.99. The van der Waals surface area contributed by atoms with Crippen LogP contribution in [0.4, 0.5) is 0 Å². The molecule has 1 aromatic carbocycles. The predicted molar refractivity (Wildman–Crippen MR) is 80.2 cm³/mol. The summed E-state index contributed by atoms with van der Waals surface area (Å²) in [5.41, 5.74) is 7.02. The van der Waals surface area contributed by atoms with Gasteiger partial charge in [0, 0.05) is 19.1 Å². The number of ether oxygens (including phenoxy) is 1. The van der Waals surface area contributed by atoms with E-state index in [-0.39, 0.29) is 30.3 Å². The average molecular weight is 297 g/mol. The van der Waals surface area contributed by atoms with Crippen molar-refractivity contribution in [3.63, 3.8) is 0 Å². The topological polar surface area (TPSA) is 55.6 Å². The minimum atomic E-state index is -0.0378. The monoisotopic (exact) mass is 296 g/mol. The summed E-state index contributed by atoms with van der Waals surface area (Å²) in [7, 11) is 0. The lowest BCUT2D eigenvalue weighted by atomic mass is 9.94. The van der Waals surface area contributed by atoms with Gasteiger partial charge in [0.1, 0.15) is 12.4 Å². The summed E-state index contributed by atoms with van der Waals surface area (Å²) in [5.74, 6) is 1.11. The summed E-state index contributed by atoms with van der Waals surface area (Å²) in [6.45, 7) is 2.08. The number of likely N-dealkylation sites (tertiary alicyclic amines) is 1. The standard InChI is InChI=1S/C15H20N2O2.ClH/c16-13-5-7-17(8-6-13)15(18)12-9-11-3-1-2-4-14(11)19-10-12;/h1-4,12-13H,5-10,16H2;1H. The number of halogens is 1. The molecule has 4 nitrogen and oxygen atoms in total. The van der Waals surface area contributed by atoms with Crippen molar-refractivity contribution in [3.05, 3.63) is 29.8 Å². The molecular weight excluding hydrogens is 276 g/mol. The average Bonchev–Trinajstić information content (AvgIpc) is 2.47. The van der Waals surface area contributed by atoms with E-state index in [4.69, 9.17) is 10.5 Å². The Morgan fingerprint density at radius 2 is 1.95 bits per heavy atom. The number of carbonyl (C=O) groups excluding carboxylic acids is 1. The highest BCUT2D eigenvalue weighted by molar-refractivity contribution is 5.85. The van der Waals surface area contributed by atoms with Gasteiger partial charge in [-0.05, 0) is 30.9 Å². The fourth-order valence-electron chi connectivity index (χ4n) is 2.86. The van der Waals surface area contributed by atoms with Gasteiger partial charge in [-0.1, -0.05) is 18.2 Å². The van der Waals surface area contributed by atoms with Crippen LogP contribution in [0.5, 0.6) is 5.75 Å². The van der Waals surface area contributed by atoms with Crippen molar-refractivity contribution in [1.29, 1.82) is 0 Å². The van der Waals surface area contributed by atoms with Gasteiger partial charge >= 0.3 is 0 Å². The molecule has 5 heteroatoms. The first-order valence-electron chi connectivity index (χ1n) is 6.99. The highest BCUT2D eigenvalue weighted by Crippen LogP contribution is 2.28. The van der Waals surface area contributed by atoms with Crippen molar-refractivity contribution < 1.29 is 9.53 Å². The Bertz CT molecular complexity index is 473. The zero-order valence-corrected chi connectivity index (χ0v) is 12.3. The second kappa shape index (κ2) is 6.46. The molecule has 0 aromatic heterocycles. The molecular formula is C15H21ClN2O2. The highest BCUT2D eigenvalue weighted by atomic mass is 35.5. The number of nitrogens with zero attached hydrogens (tertiary/aromatic N) is 1. The Morgan fingerprint density at radius 1 is 1.25 bits per heavy atom. The zero-order chi connectivity index (χ0) is 13.2. The van der Waals surface area contributed by atoms with Crippen LogP contribution in [0.3, 0.4) is 0 Å². The minimum Gasteiger partial charge on any atom is -0.492 e. The Kier molecular flexibility index (Phi) is 4.89. The molecule has 1 unspecified atom stereocenters. The van der Waals surface area contributed by atoms with E-state index in [0.29, 0.717) is 6.61 Å². The van der Waals surface area contributed by atoms with Crippen molar-refractivity contribution in [1.82, 2.24) is 4.90 Å². The lowest BCUT2D eigenvalue weighted by Crippen LogP contribution is -2.47. The zero-order valence-electron chi connectivity index (χ0n) is 11.5. The van der Waals surface area contributed by atoms with E-state index in [9.17, 15) is 4.79 Å². The van der Waals surface area contributed by atoms with Crippen LogP contribution >= 0.6 is 12.4 Å². The Hall–Kier alpha value is -1.26. The Morgan fingerprint density at radius 3 is 2.70 bits per heavy atom. The summed E-state index contributed by atoms with van der Waals surface area (Å²) in [6.07, 6.45) is 2.61. The highest BCUT2D eigenvalue weighted by Gasteiger charge is 2.30. The maximum Gasteiger partial charge on any atom is 0.229 e. The Balaban J connectivity index is 0.00000147. The van der Waals surface area contributed by atoms with Crippen molar-refractivity contribution in [3.8, 4) is 5.75 Å². The van der Waals surface area contributed by atoms with E-state index in [0.717, 1.165) is 43.7 Å². The molecule has 110 valence electrons. The van der Waals surface area contributed by atoms with Gasteiger partial charge in [-0.2, -0.15) is 0 Å². The number of para-hydroxylation sites is 1. The van der Waals surface area contributed by atoms with Crippen LogP contribution in [0.1, 0.15) is 18.4 Å². The molecule has 2 aliphatic heterocycles. The molecule has 2 heterocycles. The smallest absolute Gasteiger partial charge is 0.229 e. The van der Waals surface area contributed by atoms with Crippen molar-refractivity contribution in [2.45, 2.75) is 25.3 Å². The quantitative estimate of drug-likeness (QED) is 0.856. The number of benzene rings is 1. The molecule has 1 atom stereocenters. The molecule has 0 aliphatic carbocycles. The number of carbonyl (C=O) groups is 1. The molecule has 1 amide bonds. The van der Waals surface area contributed by atoms with Crippen molar-refractivity contribution >= 4 is 18.3 Å². The predicted octanol–water partition coefficient (Wildman–Crippen LogP) is 1.61.